The van der Waals surface area contributed by atoms with E-state index >= 15 is 0 Å². The molecule has 1 heteroatoms. The van der Waals surface area contributed by atoms with Gasteiger partial charge in [-0.3, -0.25) is 4.99 Å². The molecule has 0 saturated heterocycles. The van der Waals surface area contributed by atoms with Gasteiger partial charge >= 0.3 is 0 Å². The summed E-state index contributed by atoms with van der Waals surface area (Å²) in [6, 6.07) is 0. The smallest absolute Gasteiger partial charge is 0.0221 e. The van der Waals surface area contributed by atoms with Crippen LogP contribution in [0, 0.1) is 5.92 Å². The highest BCUT2D eigenvalue weighted by atomic mass is 14.7. The molecule has 0 spiro atoms. The zero-order valence-electron chi connectivity index (χ0n) is 5.76. The van der Waals surface area contributed by atoms with E-state index in [1.807, 2.05) is 19.2 Å². The molecule has 0 fully saturated rings. The van der Waals surface area contributed by atoms with Crippen molar-refractivity contribution in [2.75, 3.05) is 0 Å². The van der Waals surface area contributed by atoms with Crippen molar-refractivity contribution < 1.29 is 0 Å². The summed E-state index contributed by atoms with van der Waals surface area (Å²) in [5.74, 6) is 0.561. The normalized spacial score (nSPS) is 12.5. The van der Waals surface area contributed by atoms with Crippen LogP contribution in [0.3, 0.4) is 0 Å². The molecule has 0 aliphatic carbocycles. The Morgan fingerprint density at radius 2 is 2.00 bits per heavy atom. The average molecular weight is 111 g/mol. The number of rotatable bonds is 2. The molecule has 0 bridgehead atoms. The van der Waals surface area contributed by atoms with Crippen molar-refractivity contribution in [3.8, 4) is 0 Å². The minimum atomic E-state index is 0.561. The summed E-state index contributed by atoms with van der Waals surface area (Å²) in [7, 11) is 0. The summed E-state index contributed by atoms with van der Waals surface area (Å²) in [6.07, 6.45) is 5.62. The highest BCUT2D eigenvalue weighted by molar-refractivity contribution is 5.60. The third-order valence-electron chi connectivity index (χ3n) is 0.619. The van der Waals surface area contributed by atoms with Gasteiger partial charge in [0.15, 0.2) is 0 Å². The summed E-state index contributed by atoms with van der Waals surface area (Å²) in [4.78, 5) is 3.98. The van der Waals surface area contributed by atoms with Crippen molar-refractivity contribution in [2.24, 2.45) is 10.9 Å². The third-order valence-corrected chi connectivity index (χ3v) is 0.619. The molecule has 1 nitrogen and oxygen atoms in total. The summed E-state index contributed by atoms with van der Waals surface area (Å²) in [5, 5.41) is 0. The van der Waals surface area contributed by atoms with Gasteiger partial charge < -0.3 is 0 Å². The Balaban J connectivity index is 3.34. The molecule has 0 unspecified atom stereocenters. The molecule has 0 saturated carbocycles. The van der Waals surface area contributed by atoms with Crippen molar-refractivity contribution in [2.45, 2.75) is 20.8 Å². The Kier molecular flexibility index (Phi) is 4.23. The van der Waals surface area contributed by atoms with Crippen LogP contribution in [0.1, 0.15) is 20.8 Å². The Labute approximate surface area is 51.1 Å². The average Bonchev–Trinajstić information content (AvgIpc) is 1.66. The minimum absolute atomic E-state index is 0.561. The van der Waals surface area contributed by atoms with Crippen LogP contribution in [0.15, 0.2) is 17.3 Å². The SMILES string of the molecule is C/C=C\N=C/C(C)C. The minimum Gasteiger partial charge on any atom is -0.269 e. The maximum absolute atomic E-state index is 3.98. The maximum Gasteiger partial charge on any atom is 0.0221 e. The molecule has 0 aliphatic rings. The highest BCUT2D eigenvalue weighted by Crippen LogP contribution is 1.84. The van der Waals surface area contributed by atoms with Crippen LogP contribution in [0.4, 0.5) is 0 Å². The molecule has 0 heterocycles. The predicted molar refractivity (Wildman–Crippen MR) is 38.1 cm³/mol. The van der Waals surface area contributed by atoms with Crippen molar-refractivity contribution in [3.63, 3.8) is 0 Å². The number of aliphatic imine (C=N–C) groups is 1. The Morgan fingerprint density at radius 1 is 1.38 bits per heavy atom. The van der Waals surface area contributed by atoms with Crippen LogP contribution in [0.25, 0.3) is 0 Å². The fourth-order valence-electron chi connectivity index (χ4n) is 0.308. The summed E-state index contributed by atoms with van der Waals surface area (Å²) >= 11 is 0. The molecule has 0 amide bonds. The molecule has 0 aliphatic heterocycles. The van der Waals surface area contributed by atoms with Crippen LogP contribution in [-0.2, 0) is 0 Å². The second kappa shape index (κ2) is 4.57. The van der Waals surface area contributed by atoms with Crippen LogP contribution >= 0.6 is 0 Å². The molecule has 0 N–H and O–H groups in total. The second-order valence-corrected chi connectivity index (χ2v) is 2.02. The highest BCUT2D eigenvalue weighted by Gasteiger charge is 1.79. The van der Waals surface area contributed by atoms with E-state index in [4.69, 9.17) is 0 Å². The summed E-state index contributed by atoms with van der Waals surface area (Å²) < 4.78 is 0. The van der Waals surface area contributed by atoms with E-state index < -0.39 is 0 Å². The van der Waals surface area contributed by atoms with Crippen LogP contribution in [-0.4, -0.2) is 6.21 Å². The van der Waals surface area contributed by atoms with Crippen LogP contribution < -0.4 is 0 Å². The molecule has 0 rings (SSSR count). The van der Waals surface area contributed by atoms with Crippen molar-refractivity contribution in [1.82, 2.24) is 0 Å². The van der Waals surface area contributed by atoms with E-state index in [9.17, 15) is 0 Å². The van der Waals surface area contributed by atoms with E-state index in [1.54, 1.807) is 6.20 Å². The van der Waals surface area contributed by atoms with E-state index in [0.717, 1.165) is 0 Å². The van der Waals surface area contributed by atoms with Gasteiger partial charge in [-0.25, -0.2) is 0 Å². The van der Waals surface area contributed by atoms with E-state index in [0.29, 0.717) is 5.92 Å². The molecule has 46 valence electrons. The zero-order chi connectivity index (χ0) is 6.41. The lowest BCUT2D eigenvalue weighted by atomic mass is 10.3. The molecule has 0 aromatic rings. The van der Waals surface area contributed by atoms with E-state index in [1.165, 1.54) is 0 Å². The fraction of sp³-hybridized carbons (Fsp3) is 0.571. The molecule has 0 aromatic carbocycles. The first-order chi connectivity index (χ1) is 3.77. The topological polar surface area (TPSA) is 12.4 Å². The van der Waals surface area contributed by atoms with Gasteiger partial charge in [0, 0.05) is 12.4 Å². The first-order valence-electron chi connectivity index (χ1n) is 2.92. The van der Waals surface area contributed by atoms with Gasteiger partial charge in [-0.1, -0.05) is 19.9 Å². The molecule has 0 radical (unpaired) electrons. The number of nitrogens with zero attached hydrogens (tertiary/aromatic N) is 1. The Morgan fingerprint density at radius 3 is 2.38 bits per heavy atom. The first-order valence-corrected chi connectivity index (χ1v) is 2.92. The Bertz CT molecular complexity index is 90.6. The van der Waals surface area contributed by atoms with E-state index in [2.05, 4.69) is 18.8 Å². The number of hydrogen-bond donors (Lipinski definition) is 0. The molecule has 0 aromatic heterocycles. The van der Waals surface area contributed by atoms with Crippen molar-refractivity contribution >= 4 is 6.21 Å². The largest absolute Gasteiger partial charge is 0.269 e. The molecular formula is C7H13N. The van der Waals surface area contributed by atoms with Gasteiger partial charge in [-0.05, 0) is 12.8 Å². The Hall–Kier alpha value is -0.590. The van der Waals surface area contributed by atoms with Crippen LogP contribution in [0.5, 0.6) is 0 Å². The monoisotopic (exact) mass is 111 g/mol. The van der Waals surface area contributed by atoms with Gasteiger partial charge in [0.2, 0.25) is 0 Å². The lowest BCUT2D eigenvalue weighted by Gasteiger charge is -1.87. The van der Waals surface area contributed by atoms with Gasteiger partial charge in [0.05, 0.1) is 0 Å². The molecular weight excluding hydrogens is 98.1 g/mol. The van der Waals surface area contributed by atoms with Gasteiger partial charge in [-0.15, -0.1) is 0 Å². The lowest BCUT2D eigenvalue weighted by molar-refractivity contribution is 0.907. The molecule has 0 atom stereocenters. The summed E-state index contributed by atoms with van der Waals surface area (Å²) in [5.41, 5.74) is 0. The standard InChI is InChI=1S/C7H13N/c1-4-5-8-6-7(2)3/h4-7H,1-3H3/b5-4-,8-6-. The maximum atomic E-state index is 3.98. The third kappa shape index (κ3) is 5.41. The predicted octanol–water partition coefficient (Wildman–Crippen LogP) is 2.25. The summed E-state index contributed by atoms with van der Waals surface area (Å²) in [6.45, 7) is 6.16. The first kappa shape index (κ1) is 7.41. The van der Waals surface area contributed by atoms with Gasteiger partial charge in [0.25, 0.3) is 0 Å². The zero-order valence-corrected chi connectivity index (χ0v) is 5.76. The lowest BCUT2D eigenvalue weighted by Crippen LogP contribution is -1.84. The van der Waals surface area contributed by atoms with Crippen LogP contribution in [0.2, 0.25) is 0 Å². The quantitative estimate of drug-likeness (QED) is 0.484. The second-order valence-electron chi connectivity index (χ2n) is 2.02. The van der Waals surface area contributed by atoms with E-state index in [-0.39, 0.29) is 0 Å². The van der Waals surface area contributed by atoms with Gasteiger partial charge in [-0.2, -0.15) is 0 Å². The van der Waals surface area contributed by atoms with Crippen molar-refractivity contribution in [3.05, 3.63) is 12.3 Å². The number of allylic oxidation sites excluding steroid dienone is 1. The number of hydrogen-bond acceptors (Lipinski definition) is 1. The van der Waals surface area contributed by atoms with Crippen molar-refractivity contribution in [1.29, 1.82) is 0 Å². The van der Waals surface area contributed by atoms with Gasteiger partial charge in [0.1, 0.15) is 0 Å². The molecule has 8 heavy (non-hydrogen) atoms. The fourth-order valence-corrected chi connectivity index (χ4v) is 0.308.